The second kappa shape index (κ2) is 9.15. The molecule has 0 aliphatic heterocycles. The molecule has 0 radical (unpaired) electrons. The third kappa shape index (κ3) is 4.62. The quantitative estimate of drug-likeness (QED) is 0.307. The molecule has 0 fully saturated rings. The zero-order valence-corrected chi connectivity index (χ0v) is 20.8. The number of aromatic nitrogens is 7. The van der Waals surface area contributed by atoms with Crippen molar-refractivity contribution in [1.29, 1.82) is 0 Å². The largest absolute Gasteiger partial charge is 0.434 e. The number of benzene rings is 1. The van der Waals surface area contributed by atoms with Gasteiger partial charge < -0.3 is 4.57 Å². The minimum atomic E-state index is -4.52. The molecule has 0 aliphatic rings. The van der Waals surface area contributed by atoms with Crippen LogP contribution in [0.25, 0.3) is 33.9 Å². The number of hydrogen-bond acceptors (Lipinski definition) is 5. The van der Waals surface area contributed by atoms with Gasteiger partial charge in [-0.15, -0.1) is 0 Å². The number of halogens is 4. The molecule has 0 spiro atoms. The maximum absolute atomic E-state index is 13.0. The Bertz CT molecular complexity index is 1670. The average molecular weight is 528 g/mol. The van der Waals surface area contributed by atoms with E-state index in [1.54, 1.807) is 41.2 Å². The Morgan fingerprint density at radius 1 is 1.03 bits per heavy atom. The third-order valence-electron chi connectivity index (χ3n) is 5.89. The Labute approximate surface area is 214 Å². The van der Waals surface area contributed by atoms with Crippen molar-refractivity contribution in [3.05, 3.63) is 81.6 Å². The van der Waals surface area contributed by atoms with Crippen LogP contribution in [-0.4, -0.2) is 33.9 Å². The number of fused-ring (bicyclic) bond motifs is 1. The lowest BCUT2D eigenvalue weighted by Crippen LogP contribution is -2.21. The summed E-state index contributed by atoms with van der Waals surface area (Å²) in [5.41, 5.74) is 1.05. The van der Waals surface area contributed by atoms with E-state index in [1.807, 2.05) is 13.8 Å². The van der Waals surface area contributed by atoms with Crippen molar-refractivity contribution < 1.29 is 13.2 Å². The van der Waals surface area contributed by atoms with Crippen LogP contribution in [0.2, 0.25) is 5.02 Å². The highest BCUT2D eigenvalue weighted by atomic mass is 35.5. The van der Waals surface area contributed by atoms with Crippen molar-refractivity contribution in [3.63, 3.8) is 0 Å². The van der Waals surface area contributed by atoms with Crippen LogP contribution in [0.15, 0.2) is 59.8 Å². The van der Waals surface area contributed by atoms with Gasteiger partial charge in [-0.05, 0) is 25.5 Å². The highest BCUT2D eigenvalue weighted by Crippen LogP contribution is 2.31. The Kier molecular flexibility index (Phi) is 6.10. The summed E-state index contributed by atoms with van der Waals surface area (Å²) in [6, 6.07) is 9.96. The fourth-order valence-corrected chi connectivity index (χ4v) is 4.31. The van der Waals surface area contributed by atoms with E-state index in [9.17, 15) is 18.0 Å². The van der Waals surface area contributed by atoms with Crippen LogP contribution < -0.4 is 5.56 Å². The van der Waals surface area contributed by atoms with E-state index < -0.39 is 11.9 Å². The Morgan fingerprint density at radius 3 is 2.41 bits per heavy atom. The summed E-state index contributed by atoms with van der Waals surface area (Å²) < 4.78 is 43.7. The molecule has 0 unspecified atom stereocenters. The number of aryl methyl sites for hydroxylation is 1. The van der Waals surface area contributed by atoms with Crippen LogP contribution >= 0.6 is 11.6 Å². The van der Waals surface area contributed by atoms with Crippen LogP contribution in [-0.2, 0) is 19.8 Å². The summed E-state index contributed by atoms with van der Waals surface area (Å²) in [5.74, 6) is 0.533. The molecule has 0 aliphatic carbocycles. The molecule has 190 valence electrons. The van der Waals surface area contributed by atoms with Crippen LogP contribution in [0.1, 0.15) is 31.1 Å². The number of nitrogens with zero attached hydrogens (tertiary/aromatic N) is 7. The monoisotopic (exact) mass is 527 g/mol. The summed E-state index contributed by atoms with van der Waals surface area (Å²) >= 11 is 6.38. The van der Waals surface area contributed by atoms with E-state index in [2.05, 4.69) is 20.1 Å². The van der Waals surface area contributed by atoms with E-state index in [0.29, 0.717) is 33.1 Å². The minimum Gasteiger partial charge on any atom is -0.333 e. The van der Waals surface area contributed by atoms with Gasteiger partial charge in [0.1, 0.15) is 17.2 Å². The van der Waals surface area contributed by atoms with Crippen molar-refractivity contribution >= 4 is 22.6 Å². The van der Waals surface area contributed by atoms with Crippen molar-refractivity contribution in [2.24, 2.45) is 7.05 Å². The molecular formula is C25H21ClF3N7O. The van der Waals surface area contributed by atoms with E-state index >= 15 is 0 Å². The fourth-order valence-electron chi connectivity index (χ4n) is 4.09. The molecule has 4 heterocycles. The van der Waals surface area contributed by atoms with Crippen molar-refractivity contribution in [3.8, 4) is 22.9 Å². The van der Waals surface area contributed by atoms with Crippen LogP contribution in [0.5, 0.6) is 0 Å². The Morgan fingerprint density at radius 2 is 1.76 bits per heavy atom. The lowest BCUT2D eigenvalue weighted by atomic mass is 10.1. The molecule has 5 aromatic rings. The molecule has 0 atom stereocenters. The third-order valence-corrected chi connectivity index (χ3v) is 6.17. The minimum absolute atomic E-state index is 0.0178. The number of alkyl halides is 3. The van der Waals surface area contributed by atoms with E-state index in [1.165, 1.54) is 28.4 Å². The van der Waals surface area contributed by atoms with Crippen molar-refractivity contribution in [2.75, 3.05) is 0 Å². The first-order valence-electron chi connectivity index (χ1n) is 11.3. The molecule has 0 saturated heterocycles. The molecule has 37 heavy (non-hydrogen) atoms. The summed E-state index contributed by atoms with van der Waals surface area (Å²) in [5, 5.41) is 5.37. The lowest BCUT2D eigenvalue weighted by molar-refractivity contribution is -0.140. The van der Waals surface area contributed by atoms with Gasteiger partial charge in [0.2, 0.25) is 0 Å². The van der Waals surface area contributed by atoms with Crippen LogP contribution in [0.4, 0.5) is 13.2 Å². The zero-order chi connectivity index (χ0) is 26.5. The number of imidazole rings is 1. The summed E-state index contributed by atoms with van der Waals surface area (Å²) in [6.45, 7) is 4.11. The summed E-state index contributed by atoms with van der Waals surface area (Å²) in [4.78, 5) is 25.7. The molecule has 1 aromatic carbocycles. The number of rotatable bonds is 5. The average Bonchev–Trinajstić information content (AvgIpc) is 3.44. The van der Waals surface area contributed by atoms with Gasteiger partial charge >= 0.3 is 6.18 Å². The molecule has 0 saturated carbocycles. The number of pyridine rings is 1. The van der Waals surface area contributed by atoms with Gasteiger partial charge in [0.15, 0.2) is 11.5 Å². The van der Waals surface area contributed by atoms with Gasteiger partial charge in [0.05, 0.1) is 17.8 Å². The molecular weight excluding hydrogens is 507 g/mol. The molecule has 12 heteroatoms. The standard InChI is InChI=1S/C25H21ClF3N7O/c1-14(2)36-21(18(26)11-31-36)22-30-10-17-8-9-20(37)35(24(17)33-22)12-15-4-6-16(7-5-15)23-32-19(13-34(23)3)25(27,28)29/h4-11,13-14H,12H2,1-3H3. The molecule has 8 nitrogen and oxygen atoms in total. The highest BCUT2D eigenvalue weighted by molar-refractivity contribution is 6.32. The van der Waals surface area contributed by atoms with Crippen LogP contribution in [0.3, 0.4) is 0 Å². The van der Waals surface area contributed by atoms with E-state index in [4.69, 9.17) is 11.6 Å². The van der Waals surface area contributed by atoms with Gasteiger partial charge in [0.25, 0.3) is 5.56 Å². The molecule has 0 bridgehead atoms. The molecule has 0 amide bonds. The first kappa shape index (κ1) is 24.7. The van der Waals surface area contributed by atoms with Crippen LogP contribution in [0, 0.1) is 0 Å². The second-order valence-corrected chi connectivity index (χ2v) is 9.27. The maximum atomic E-state index is 13.0. The first-order valence-corrected chi connectivity index (χ1v) is 11.7. The SMILES string of the molecule is CC(C)n1ncc(Cl)c1-c1ncc2ccc(=O)n(Cc3ccc(-c4nc(C(F)(F)F)cn4C)cc3)c2n1. The summed E-state index contributed by atoms with van der Waals surface area (Å²) in [7, 11) is 1.51. The molecule has 0 N–H and O–H groups in total. The fraction of sp³-hybridized carbons (Fsp3) is 0.240. The maximum Gasteiger partial charge on any atom is 0.434 e. The van der Waals surface area contributed by atoms with E-state index in [0.717, 1.165) is 11.8 Å². The number of hydrogen-bond donors (Lipinski definition) is 0. The lowest BCUT2D eigenvalue weighted by Gasteiger charge is -2.13. The van der Waals surface area contributed by atoms with Gasteiger partial charge in [-0.3, -0.25) is 14.0 Å². The van der Waals surface area contributed by atoms with Crippen molar-refractivity contribution in [1.82, 2.24) is 33.9 Å². The molecule has 5 rings (SSSR count). The highest BCUT2D eigenvalue weighted by Gasteiger charge is 2.34. The van der Waals surface area contributed by atoms with E-state index in [-0.39, 0.29) is 24.0 Å². The van der Waals surface area contributed by atoms with Gasteiger partial charge in [0, 0.05) is 42.5 Å². The second-order valence-electron chi connectivity index (χ2n) is 8.87. The predicted molar refractivity (Wildman–Crippen MR) is 133 cm³/mol. The zero-order valence-electron chi connectivity index (χ0n) is 20.0. The molecule has 4 aromatic heterocycles. The Hall–Kier alpha value is -3.99. The van der Waals surface area contributed by atoms with Crippen molar-refractivity contribution in [2.45, 2.75) is 32.6 Å². The van der Waals surface area contributed by atoms with Gasteiger partial charge in [-0.1, -0.05) is 35.9 Å². The smallest absolute Gasteiger partial charge is 0.333 e. The van der Waals surface area contributed by atoms with Gasteiger partial charge in [-0.2, -0.15) is 18.3 Å². The first-order chi connectivity index (χ1) is 17.5. The normalized spacial score (nSPS) is 12.1. The Balaban J connectivity index is 1.52. The topological polar surface area (TPSA) is 83.4 Å². The summed E-state index contributed by atoms with van der Waals surface area (Å²) in [6.07, 6.45) is -0.412. The van der Waals surface area contributed by atoms with Gasteiger partial charge in [-0.25, -0.2) is 15.0 Å². The predicted octanol–water partition coefficient (Wildman–Crippen LogP) is 5.36.